The van der Waals surface area contributed by atoms with Crippen molar-refractivity contribution in [3.8, 4) is 0 Å². The first-order valence-electron chi connectivity index (χ1n) is 16.7. The van der Waals surface area contributed by atoms with Crippen LogP contribution in [-0.4, -0.2) is 48.1 Å². The molecule has 4 saturated carbocycles. The van der Waals surface area contributed by atoms with Gasteiger partial charge in [0, 0.05) is 6.54 Å². The molecule has 0 aliphatic heterocycles. The third-order valence-electron chi connectivity index (χ3n) is 12.4. The number of hydrogen-bond acceptors (Lipinski definition) is 5. The first kappa shape index (κ1) is 31.7. The van der Waals surface area contributed by atoms with Gasteiger partial charge in [-0.05, 0) is 124 Å². The van der Waals surface area contributed by atoms with Crippen molar-refractivity contribution >= 4 is 0 Å². The van der Waals surface area contributed by atoms with Gasteiger partial charge < -0.3 is 19.7 Å². The number of rotatable bonds is 13. The molecule has 0 heterocycles. The van der Waals surface area contributed by atoms with Crippen molar-refractivity contribution in [3.63, 3.8) is 0 Å². The highest BCUT2D eigenvalue weighted by Gasteiger charge is 2.60. The number of ether oxygens (including phenoxy) is 2. The molecule has 4 aliphatic rings. The van der Waals surface area contributed by atoms with Gasteiger partial charge in [-0.15, -0.1) is 0 Å². The molecule has 0 amide bonds. The van der Waals surface area contributed by atoms with Crippen molar-refractivity contribution in [2.45, 2.75) is 144 Å². The normalized spacial score (nSPS) is 40.2. The van der Waals surface area contributed by atoms with Crippen LogP contribution in [0.15, 0.2) is 0 Å². The molecule has 3 N–H and O–H groups in total. The zero-order chi connectivity index (χ0) is 28.4. The molecule has 0 aromatic carbocycles. The number of aliphatic hydroxyl groups excluding tert-OH is 2. The van der Waals surface area contributed by atoms with Crippen LogP contribution in [0.5, 0.6) is 0 Å². The van der Waals surface area contributed by atoms with E-state index in [9.17, 15) is 10.2 Å². The van der Waals surface area contributed by atoms with Crippen LogP contribution in [0.1, 0.15) is 126 Å². The molecule has 0 radical (unpaired) electrons. The van der Waals surface area contributed by atoms with E-state index in [-0.39, 0.29) is 12.7 Å². The summed E-state index contributed by atoms with van der Waals surface area (Å²) in [5, 5.41) is 22.8. The van der Waals surface area contributed by atoms with Gasteiger partial charge in [0.1, 0.15) is 0 Å². The molecule has 0 aromatic rings. The lowest BCUT2D eigenvalue weighted by molar-refractivity contribution is -0.192. The summed E-state index contributed by atoms with van der Waals surface area (Å²) in [7, 11) is 0. The van der Waals surface area contributed by atoms with Crippen LogP contribution in [0.3, 0.4) is 0 Å². The van der Waals surface area contributed by atoms with Crippen molar-refractivity contribution in [1.82, 2.24) is 5.32 Å². The van der Waals surface area contributed by atoms with Gasteiger partial charge in [-0.1, -0.05) is 53.9 Å². The number of nitrogens with one attached hydrogen (secondary N) is 1. The third kappa shape index (κ3) is 7.07. The maximum Gasteiger partial charge on any atom is 0.213 e. The Kier molecular flexibility index (Phi) is 10.6. The van der Waals surface area contributed by atoms with Crippen molar-refractivity contribution in [2.75, 3.05) is 19.8 Å². The lowest BCUT2D eigenvalue weighted by atomic mass is 9.44. The summed E-state index contributed by atoms with van der Waals surface area (Å²) in [5.74, 6) is 6.09. The van der Waals surface area contributed by atoms with Gasteiger partial charge >= 0.3 is 0 Å². The lowest BCUT2D eigenvalue weighted by Crippen LogP contribution is -2.54. The second-order valence-electron chi connectivity index (χ2n) is 15.8. The summed E-state index contributed by atoms with van der Waals surface area (Å²) in [6.45, 7) is 17.3. The second kappa shape index (κ2) is 13.0. The van der Waals surface area contributed by atoms with E-state index in [1.54, 1.807) is 0 Å². The zero-order valence-corrected chi connectivity index (χ0v) is 26.5. The van der Waals surface area contributed by atoms with Crippen LogP contribution < -0.4 is 5.32 Å². The van der Waals surface area contributed by atoms with E-state index in [2.05, 4.69) is 39.9 Å². The maximum absolute atomic E-state index is 10.5. The summed E-state index contributed by atoms with van der Waals surface area (Å²) < 4.78 is 11.7. The molecule has 5 nitrogen and oxygen atoms in total. The largest absolute Gasteiger partial charge is 0.393 e. The molecular weight excluding hydrogens is 486 g/mol. The van der Waals surface area contributed by atoms with Crippen LogP contribution in [0.25, 0.3) is 0 Å². The van der Waals surface area contributed by atoms with Gasteiger partial charge in [0.15, 0.2) is 0 Å². The highest BCUT2D eigenvalue weighted by molar-refractivity contribution is 5.09. The Hall–Kier alpha value is -0.200. The monoisotopic (exact) mass is 549 g/mol. The fourth-order valence-electron chi connectivity index (χ4n) is 10.2. The summed E-state index contributed by atoms with van der Waals surface area (Å²) in [5.41, 5.74) is 0.447. The Balaban J connectivity index is 1.28. The van der Waals surface area contributed by atoms with Crippen molar-refractivity contribution in [2.24, 2.45) is 52.3 Å². The molecule has 5 heteroatoms. The Bertz CT molecular complexity index is 772. The quantitative estimate of drug-likeness (QED) is 0.168. The highest BCUT2D eigenvalue weighted by atomic mass is 16.6. The van der Waals surface area contributed by atoms with E-state index in [0.717, 1.165) is 54.3 Å². The fraction of sp³-hybridized carbons (Fsp3) is 1.00. The van der Waals surface area contributed by atoms with Gasteiger partial charge in [0.25, 0.3) is 0 Å². The average Bonchev–Trinajstić information content (AvgIpc) is 3.24. The van der Waals surface area contributed by atoms with Gasteiger partial charge in [0.05, 0.1) is 24.9 Å². The summed E-state index contributed by atoms with van der Waals surface area (Å²) in [6.07, 6.45) is 15.3. The smallest absolute Gasteiger partial charge is 0.213 e. The molecule has 6 unspecified atom stereocenters. The standard InChI is InChI=1S/C34H63NO4/c1-23(2)9-8-10-24(3)28-13-14-29-27-12-11-25-21-26(39-31(37)35-19-20-38-32(4,5)22-36)15-17-33(25,6)30(27)16-18-34(28,29)7/h23-31,35-37H,8-22H2,1-7H3/t24-,25?,26+,27+,28?,29?,30?,31?,33+,34?/m1/s1. The maximum atomic E-state index is 10.5. The van der Waals surface area contributed by atoms with E-state index in [4.69, 9.17) is 9.47 Å². The van der Waals surface area contributed by atoms with Crippen LogP contribution in [0.4, 0.5) is 0 Å². The van der Waals surface area contributed by atoms with Crippen LogP contribution in [0.2, 0.25) is 0 Å². The fourth-order valence-corrected chi connectivity index (χ4v) is 10.2. The van der Waals surface area contributed by atoms with Gasteiger partial charge in [0.2, 0.25) is 6.41 Å². The first-order chi connectivity index (χ1) is 18.4. The number of hydrogen-bond donors (Lipinski definition) is 3. The van der Waals surface area contributed by atoms with Crippen LogP contribution in [0, 0.1) is 52.3 Å². The van der Waals surface area contributed by atoms with E-state index in [1.807, 2.05) is 13.8 Å². The lowest BCUT2D eigenvalue weighted by Gasteiger charge is -2.61. The Morgan fingerprint density at radius 3 is 2.36 bits per heavy atom. The van der Waals surface area contributed by atoms with Crippen molar-refractivity contribution in [3.05, 3.63) is 0 Å². The average molecular weight is 550 g/mol. The van der Waals surface area contributed by atoms with E-state index < -0.39 is 12.0 Å². The third-order valence-corrected chi connectivity index (χ3v) is 12.4. The Labute approximate surface area is 240 Å². The van der Waals surface area contributed by atoms with Gasteiger partial charge in [-0.25, -0.2) is 0 Å². The minimum atomic E-state index is -0.954. The number of aliphatic hydroxyl groups is 2. The molecular formula is C34H63NO4. The van der Waals surface area contributed by atoms with Crippen LogP contribution in [-0.2, 0) is 9.47 Å². The van der Waals surface area contributed by atoms with Crippen LogP contribution >= 0.6 is 0 Å². The molecule has 4 rings (SSSR count). The predicted octanol–water partition coefficient (Wildman–Crippen LogP) is 7.15. The Morgan fingerprint density at radius 2 is 1.64 bits per heavy atom. The molecule has 0 aromatic heterocycles. The van der Waals surface area contributed by atoms with Crippen molar-refractivity contribution in [1.29, 1.82) is 0 Å². The molecule has 0 spiro atoms. The summed E-state index contributed by atoms with van der Waals surface area (Å²) in [6, 6.07) is 0. The second-order valence-corrected chi connectivity index (χ2v) is 15.8. The Morgan fingerprint density at radius 1 is 0.923 bits per heavy atom. The minimum Gasteiger partial charge on any atom is -0.393 e. The molecule has 0 bridgehead atoms. The molecule has 10 atom stereocenters. The van der Waals surface area contributed by atoms with E-state index in [1.165, 1.54) is 64.2 Å². The minimum absolute atomic E-state index is 0.0196. The number of fused-ring (bicyclic) bond motifs is 5. The predicted molar refractivity (Wildman–Crippen MR) is 159 cm³/mol. The SMILES string of the molecule is CC(C)CCC[C@@H](C)C1CCC2[C@@H]3CCC4C[C@@H](OC(O)NCCOC(C)(C)CO)CC[C@]4(C)C3CCC21C. The molecule has 39 heavy (non-hydrogen) atoms. The van der Waals surface area contributed by atoms with Gasteiger partial charge in [-0.3, -0.25) is 5.32 Å². The molecule has 228 valence electrons. The molecule has 0 saturated heterocycles. The van der Waals surface area contributed by atoms with Crippen molar-refractivity contribution < 1.29 is 19.7 Å². The van der Waals surface area contributed by atoms with E-state index >= 15 is 0 Å². The molecule has 4 fully saturated rings. The topological polar surface area (TPSA) is 71.0 Å². The van der Waals surface area contributed by atoms with E-state index in [0.29, 0.717) is 24.0 Å². The first-order valence-corrected chi connectivity index (χ1v) is 16.7. The zero-order valence-electron chi connectivity index (χ0n) is 26.5. The summed E-state index contributed by atoms with van der Waals surface area (Å²) >= 11 is 0. The summed E-state index contributed by atoms with van der Waals surface area (Å²) in [4.78, 5) is 0. The molecule has 4 aliphatic carbocycles. The highest BCUT2D eigenvalue weighted by Crippen LogP contribution is 2.68. The van der Waals surface area contributed by atoms with Gasteiger partial charge in [-0.2, -0.15) is 0 Å².